The molecule has 0 radical (unpaired) electrons. The van der Waals surface area contributed by atoms with Gasteiger partial charge in [0.2, 0.25) is 5.91 Å². The summed E-state index contributed by atoms with van der Waals surface area (Å²) < 4.78 is 2.16. The number of benzene rings is 2. The summed E-state index contributed by atoms with van der Waals surface area (Å²) in [6, 6.07) is 19.0. The zero-order valence-corrected chi connectivity index (χ0v) is 22.9. The van der Waals surface area contributed by atoms with Crippen LogP contribution in [0, 0.1) is 0 Å². The Labute approximate surface area is 230 Å². The lowest BCUT2D eigenvalue weighted by atomic mass is 9.94. The lowest BCUT2D eigenvalue weighted by Crippen LogP contribution is -2.47. The van der Waals surface area contributed by atoms with Crippen molar-refractivity contribution in [3.63, 3.8) is 0 Å². The van der Waals surface area contributed by atoms with Gasteiger partial charge in [-0.1, -0.05) is 67.6 Å². The minimum Gasteiger partial charge on any atom is -0.345 e. The summed E-state index contributed by atoms with van der Waals surface area (Å²) in [5.41, 5.74) is 2.65. The molecule has 196 valence electrons. The minimum absolute atomic E-state index is 0.00634. The van der Waals surface area contributed by atoms with Crippen molar-refractivity contribution in [3.05, 3.63) is 93.7 Å². The highest BCUT2D eigenvalue weighted by Gasteiger charge is 2.29. The van der Waals surface area contributed by atoms with Crippen LogP contribution in [0.3, 0.4) is 0 Å². The van der Waals surface area contributed by atoms with Crippen LogP contribution >= 0.6 is 23.2 Å². The highest BCUT2D eigenvalue weighted by molar-refractivity contribution is 6.31. The van der Waals surface area contributed by atoms with Crippen LogP contribution in [0.4, 0.5) is 0 Å². The first-order valence-electron chi connectivity index (χ1n) is 13.2. The molecule has 1 fully saturated rings. The van der Waals surface area contributed by atoms with Gasteiger partial charge in [-0.05, 0) is 67.3 Å². The van der Waals surface area contributed by atoms with Gasteiger partial charge in [-0.2, -0.15) is 0 Å². The maximum atomic E-state index is 13.8. The molecule has 3 aromatic rings. The van der Waals surface area contributed by atoms with Gasteiger partial charge in [-0.15, -0.1) is 0 Å². The molecule has 2 aromatic carbocycles. The number of halogens is 2. The van der Waals surface area contributed by atoms with E-state index >= 15 is 0 Å². The minimum atomic E-state index is -0.141. The predicted octanol–water partition coefficient (Wildman–Crippen LogP) is 7.06. The van der Waals surface area contributed by atoms with Crippen LogP contribution in [0.5, 0.6) is 0 Å². The molecule has 0 atom stereocenters. The van der Waals surface area contributed by atoms with E-state index in [1.807, 2.05) is 48.4 Å². The Bertz CT molecular complexity index is 1190. The zero-order chi connectivity index (χ0) is 26.2. The third kappa shape index (κ3) is 7.18. The quantitative estimate of drug-likeness (QED) is 0.277. The number of rotatable bonds is 10. The Morgan fingerprint density at radius 2 is 1.68 bits per heavy atom. The van der Waals surface area contributed by atoms with E-state index in [2.05, 4.69) is 10.6 Å². The summed E-state index contributed by atoms with van der Waals surface area (Å²) in [6.45, 7) is 3.76. The predicted molar refractivity (Wildman–Crippen MR) is 150 cm³/mol. The van der Waals surface area contributed by atoms with Gasteiger partial charge in [0.25, 0.3) is 5.91 Å². The second-order valence-electron chi connectivity index (χ2n) is 9.77. The molecule has 0 saturated heterocycles. The van der Waals surface area contributed by atoms with E-state index in [4.69, 9.17) is 23.2 Å². The molecular formula is C30H35Cl2N3O2. The Morgan fingerprint density at radius 1 is 0.946 bits per heavy atom. The lowest BCUT2D eigenvalue weighted by molar-refractivity contribution is -0.135. The van der Waals surface area contributed by atoms with Gasteiger partial charge >= 0.3 is 0 Å². The molecule has 1 aromatic heterocycles. The summed E-state index contributed by atoms with van der Waals surface area (Å²) in [7, 11) is 0. The van der Waals surface area contributed by atoms with Crippen molar-refractivity contribution in [1.82, 2.24) is 14.4 Å². The third-order valence-electron chi connectivity index (χ3n) is 7.09. The van der Waals surface area contributed by atoms with Crippen molar-refractivity contribution >= 4 is 35.0 Å². The van der Waals surface area contributed by atoms with Crippen molar-refractivity contribution < 1.29 is 9.59 Å². The molecule has 1 heterocycles. The molecule has 1 aliphatic rings. The Morgan fingerprint density at radius 3 is 2.38 bits per heavy atom. The summed E-state index contributed by atoms with van der Waals surface area (Å²) in [5, 5.41) is 1.32. The average Bonchev–Trinajstić information content (AvgIpc) is 3.35. The monoisotopic (exact) mass is 539 g/mol. The van der Waals surface area contributed by atoms with Gasteiger partial charge in [-0.25, -0.2) is 0 Å². The molecule has 0 aliphatic heterocycles. The fourth-order valence-electron chi connectivity index (χ4n) is 5.10. The van der Waals surface area contributed by atoms with Gasteiger partial charge in [0.1, 0.15) is 6.54 Å². The van der Waals surface area contributed by atoms with Gasteiger partial charge in [-0.3, -0.25) is 9.59 Å². The van der Waals surface area contributed by atoms with Crippen LogP contribution in [0.1, 0.15) is 67.1 Å². The van der Waals surface area contributed by atoms with E-state index in [9.17, 15) is 9.59 Å². The van der Waals surface area contributed by atoms with E-state index < -0.39 is 0 Å². The largest absolute Gasteiger partial charge is 0.345 e. The zero-order valence-electron chi connectivity index (χ0n) is 21.4. The molecule has 5 nitrogen and oxygen atoms in total. The third-order valence-corrected chi connectivity index (χ3v) is 7.71. The maximum absolute atomic E-state index is 13.8. The Kier molecular flexibility index (Phi) is 9.70. The van der Waals surface area contributed by atoms with E-state index in [1.54, 1.807) is 29.2 Å². The van der Waals surface area contributed by atoms with E-state index in [1.165, 1.54) is 6.42 Å². The normalized spacial score (nSPS) is 13.9. The molecule has 0 spiro atoms. The second kappa shape index (κ2) is 13.2. The first-order valence-corrected chi connectivity index (χ1v) is 13.9. The standard InChI is InChI=1S/C30H35Cl2N3O2/c1-2-18-34(30(37)23-14-16-25(31)17-15-23)22-29(36)35(26-10-4-3-5-11-26)21-27-12-8-19-33(27)20-24-9-6-7-13-28(24)32/h6-9,12-17,19,26H,2-5,10-11,18,20-22H2,1H3. The second-order valence-corrected chi connectivity index (χ2v) is 10.6. The van der Waals surface area contributed by atoms with Gasteiger partial charge in [0, 0.05) is 46.6 Å². The van der Waals surface area contributed by atoms with Crippen molar-refractivity contribution in [2.45, 2.75) is 64.6 Å². The number of carbonyl (C=O) groups is 2. The number of amides is 2. The van der Waals surface area contributed by atoms with E-state index in [0.29, 0.717) is 30.2 Å². The van der Waals surface area contributed by atoms with Crippen LogP contribution in [-0.2, 0) is 17.9 Å². The molecular weight excluding hydrogens is 505 g/mol. The molecule has 1 aliphatic carbocycles. The van der Waals surface area contributed by atoms with Gasteiger partial charge < -0.3 is 14.4 Å². The highest BCUT2D eigenvalue weighted by atomic mass is 35.5. The molecule has 37 heavy (non-hydrogen) atoms. The van der Waals surface area contributed by atoms with Crippen LogP contribution in [0.2, 0.25) is 10.0 Å². The topological polar surface area (TPSA) is 45.6 Å². The van der Waals surface area contributed by atoms with Crippen molar-refractivity contribution in [2.75, 3.05) is 13.1 Å². The smallest absolute Gasteiger partial charge is 0.254 e. The van der Waals surface area contributed by atoms with Crippen molar-refractivity contribution in [2.24, 2.45) is 0 Å². The van der Waals surface area contributed by atoms with Gasteiger partial charge in [0.05, 0.1) is 6.54 Å². The average molecular weight is 541 g/mol. The molecule has 2 amide bonds. The SMILES string of the molecule is CCCN(CC(=O)N(Cc1cccn1Cc1ccccc1Cl)C1CCCCC1)C(=O)c1ccc(Cl)cc1. The molecule has 7 heteroatoms. The first-order chi connectivity index (χ1) is 18.0. The maximum Gasteiger partial charge on any atom is 0.254 e. The number of carbonyl (C=O) groups excluding carboxylic acids is 2. The summed E-state index contributed by atoms with van der Waals surface area (Å²) in [4.78, 5) is 30.8. The first kappa shape index (κ1) is 27.3. The lowest BCUT2D eigenvalue weighted by Gasteiger charge is -2.36. The fraction of sp³-hybridized carbons (Fsp3) is 0.400. The molecule has 0 unspecified atom stereocenters. The molecule has 4 rings (SSSR count). The Balaban J connectivity index is 1.54. The van der Waals surface area contributed by atoms with Crippen LogP contribution in [0.25, 0.3) is 0 Å². The van der Waals surface area contributed by atoms with Crippen LogP contribution < -0.4 is 0 Å². The number of nitrogens with zero attached hydrogens (tertiary/aromatic N) is 3. The highest BCUT2D eigenvalue weighted by Crippen LogP contribution is 2.26. The van der Waals surface area contributed by atoms with E-state index in [-0.39, 0.29) is 24.4 Å². The molecule has 0 N–H and O–H groups in total. The van der Waals surface area contributed by atoms with E-state index in [0.717, 1.165) is 48.4 Å². The molecule has 1 saturated carbocycles. The van der Waals surface area contributed by atoms with Crippen molar-refractivity contribution in [3.8, 4) is 0 Å². The summed E-state index contributed by atoms with van der Waals surface area (Å²) in [6.07, 6.45) is 8.26. The Hall–Kier alpha value is -2.76. The van der Waals surface area contributed by atoms with Crippen molar-refractivity contribution in [1.29, 1.82) is 0 Å². The fourth-order valence-corrected chi connectivity index (χ4v) is 5.42. The number of hydrogen-bond donors (Lipinski definition) is 0. The van der Waals surface area contributed by atoms with Crippen LogP contribution in [0.15, 0.2) is 66.9 Å². The number of aromatic nitrogens is 1. The van der Waals surface area contributed by atoms with Crippen LogP contribution in [-0.4, -0.2) is 45.3 Å². The molecule has 0 bridgehead atoms. The summed E-state index contributed by atoms with van der Waals surface area (Å²) in [5.74, 6) is -0.147. The number of hydrogen-bond acceptors (Lipinski definition) is 2. The van der Waals surface area contributed by atoms with Gasteiger partial charge in [0.15, 0.2) is 0 Å². The summed E-state index contributed by atoms with van der Waals surface area (Å²) >= 11 is 12.4.